The van der Waals surface area contributed by atoms with Crippen molar-refractivity contribution >= 4 is 5.91 Å². The molecule has 3 rings (SSSR count). The van der Waals surface area contributed by atoms with Crippen LogP contribution in [0.3, 0.4) is 0 Å². The first-order valence-electron chi connectivity index (χ1n) is 9.24. The zero-order valence-corrected chi connectivity index (χ0v) is 15.5. The highest BCUT2D eigenvalue weighted by Crippen LogP contribution is 2.23. The van der Waals surface area contributed by atoms with Gasteiger partial charge in [-0.2, -0.15) is 0 Å². The highest BCUT2D eigenvalue weighted by molar-refractivity contribution is 5.73. The van der Waals surface area contributed by atoms with E-state index in [1.807, 2.05) is 4.90 Å². The van der Waals surface area contributed by atoms with Gasteiger partial charge < -0.3 is 19.5 Å². The Bertz CT molecular complexity index is 667. The lowest BCUT2D eigenvalue weighted by atomic mass is 9.99. The standard InChI is InChI=1S/C19H26F2N2O4/c1-14(24)22-6-4-15(5-7-22)23-8-9-26-12-19(25,11-23)13-27-16-2-3-17(20)18(21)10-16/h2-3,10,15,25H,4-9,11-13H2,1H3. The molecule has 2 aliphatic rings. The van der Waals surface area contributed by atoms with Crippen molar-refractivity contribution in [1.29, 1.82) is 0 Å². The van der Waals surface area contributed by atoms with Crippen LogP contribution < -0.4 is 4.74 Å². The van der Waals surface area contributed by atoms with Crippen molar-refractivity contribution in [1.82, 2.24) is 9.80 Å². The Morgan fingerprint density at radius 1 is 1.30 bits per heavy atom. The fraction of sp³-hybridized carbons (Fsp3) is 0.632. The van der Waals surface area contributed by atoms with Gasteiger partial charge in [-0.15, -0.1) is 0 Å². The third kappa shape index (κ3) is 5.15. The van der Waals surface area contributed by atoms with Crippen molar-refractivity contribution in [3.05, 3.63) is 29.8 Å². The molecule has 27 heavy (non-hydrogen) atoms. The number of benzene rings is 1. The molecule has 0 saturated carbocycles. The van der Waals surface area contributed by atoms with Gasteiger partial charge in [0, 0.05) is 45.2 Å². The molecule has 1 N–H and O–H groups in total. The topological polar surface area (TPSA) is 62.2 Å². The van der Waals surface area contributed by atoms with Crippen LogP contribution in [0.25, 0.3) is 0 Å². The van der Waals surface area contributed by atoms with E-state index < -0.39 is 17.2 Å². The Morgan fingerprint density at radius 2 is 2.04 bits per heavy atom. The molecule has 1 unspecified atom stereocenters. The molecule has 0 radical (unpaired) electrons. The molecule has 1 amide bonds. The maximum absolute atomic E-state index is 13.3. The Hall–Kier alpha value is -1.77. The number of nitrogens with zero attached hydrogens (tertiary/aromatic N) is 2. The zero-order chi connectivity index (χ0) is 19.4. The highest BCUT2D eigenvalue weighted by atomic mass is 19.2. The quantitative estimate of drug-likeness (QED) is 0.851. The molecule has 2 aliphatic heterocycles. The molecule has 0 bridgehead atoms. The summed E-state index contributed by atoms with van der Waals surface area (Å²) < 4.78 is 37.4. The lowest BCUT2D eigenvalue weighted by Gasteiger charge is -2.40. The predicted octanol–water partition coefficient (Wildman–Crippen LogP) is 1.42. The van der Waals surface area contributed by atoms with Gasteiger partial charge in [-0.3, -0.25) is 9.69 Å². The van der Waals surface area contributed by atoms with E-state index in [0.717, 1.165) is 25.0 Å². The summed E-state index contributed by atoms with van der Waals surface area (Å²) in [4.78, 5) is 15.5. The molecule has 1 aromatic carbocycles. The second-order valence-electron chi connectivity index (χ2n) is 7.35. The predicted molar refractivity (Wildman–Crippen MR) is 94.5 cm³/mol. The number of carbonyl (C=O) groups excluding carboxylic acids is 1. The highest BCUT2D eigenvalue weighted by Gasteiger charge is 2.37. The zero-order valence-electron chi connectivity index (χ0n) is 15.5. The van der Waals surface area contributed by atoms with E-state index in [9.17, 15) is 18.7 Å². The fourth-order valence-electron chi connectivity index (χ4n) is 3.68. The number of hydrogen-bond acceptors (Lipinski definition) is 5. The molecular weight excluding hydrogens is 358 g/mol. The number of rotatable bonds is 4. The molecule has 6 nitrogen and oxygen atoms in total. The van der Waals surface area contributed by atoms with Gasteiger partial charge in [0.15, 0.2) is 11.6 Å². The second kappa shape index (κ2) is 8.50. The number of carbonyl (C=O) groups is 1. The minimum absolute atomic E-state index is 0.0825. The largest absolute Gasteiger partial charge is 0.490 e. The molecule has 0 aliphatic carbocycles. The minimum atomic E-state index is -1.25. The van der Waals surface area contributed by atoms with Gasteiger partial charge in [-0.1, -0.05) is 0 Å². The molecular formula is C19H26F2N2O4. The van der Waals surface area contributed by atoms with Gasteiger partial charge in [-0.25, -0.2) is 8.78 Å². The molecule has 0 spiro atoms. The van der Waals surface area contributed by atoms with E-state index >= 15 is 0 Å². The maximum Gasteiger partial charge on any atom is 0.219 e. The number of aliphatic hydroxyl groups is 1. The summed E-state index contributed by atoms with van der Waals surface area (Å²) in [6.45, 7) is 4.58. The van der Waals surface area contributed by atoms with Crippen molar-refractivity contribution in [2.45, 2.75) is 31.4 Å². The van der Waals surface area contributed by atoms with Crippen LogP contribution in [0, 0.1) is 11.6 Å². The van der Waals surface area contributed by atoms with Crippen molar-refractivity contribution in [3.63, 3.8) is 0 Å². The number of hydrogen-bond donors (Lipinski definition) is 1. The van der Waals surface area contributed by atoms with Crippen LogP contribution in [-0.2, 0) is 9.53 Å². The van der Waals surface area contributed by atoms with Gasteiger partial charge in [0.25, 0.3) is 0 Å². The van der Waals surface area contributed by atoms with E-state index in [2.05, 4.69) is 4.90 Å². The van der Waals surface area contributed by atoms with Gasteiger partial charge in [0.2, 0.25) is 5.91 Å². The number of halogens is 2. The third-order valence-electron chi connectivity index (χ3n) is 5.22. The van der Waals surface area contributed by atoms with E-state index in [-0.39, 0.29) is 30.9 Å². The molecule has 150 valence electrons. The average Bonchev–Trinajstić information content (AvgIpc) is 2.85. The lowest BCUT2D eigenvalue weighted by Crippen LogP contribution is -2.53. The first-order valence-corrected chi connectivity index (χ1v) is 9.24. The Morgan fingerprint density at radius 3 is 2.70 bits per heavy atom. The van der Waals surface area contributed by atoms with E-state index in [0.29, 0.717) is 32.8 Å². The summed E-state index contributed by atoms with van der Waals surface area (Å²) in [5.41, 5.74) is -1.25. The van der Waals surface area contributed by atoms with Crippen LogP contribution in [-0.4, -0.2) is 78.5 Å². The SMILES string of the molecule is CC(=O)N1CCC(N2CCOCC(O)(COc3ccc(F)c(F)c3)C2)CC1. The third-order valence-corrected chi connectivity index (χ3v) is 5.22. The summed E-state index contributed by atoms with van der Waals surface area (Å²) in [6, 6.07) is 3.55. The number of likely N-dealkylation sites (tertiary alicyclic amines) is 1. The molecule has 1 aromatic rings. The van der Waals surface area contributed by atoms with Crippen molar-refractivity contribution in [2.24, 2.45) is 0 Å². The number of amides is 1. The Labute approximate surface area is 157 Å². The molecule has 8 heteroatoms. The number of ether oxygens (including phenoxy) is 2. The van der Waals surface area contributed by atoms with E-state index in [4.69, 9.17) is 9.47 Å². The van der Waals surface area contributed by atoms with E-state index in [1.54, 1.807) is 6.92 Å². The molecule has 2 fully saturated rings. The van der Waals surface area contributed by atoms with Crippen molar-refractivity contribution in [3.8, 4) is 5.75 Å². The fourth-order valence-corrected chi connectivity index (χ4v) is 3.68. The lowest BCUT2D eigenvalue weighted by molar-refractivity contribution is -0.130. The summed E-state index contributed by atoms with van der Waals surface area (Å²) in [6.07, 6.45) is 1.69. The van der Waals surface area contributed by atoms with Crippen LogP contribution in [0.4, 0.5) is 8.78 Å². The summed E-state index contributed by atoms with van der Waals surface area (Å²) in [7, 11) is 0. The summed E-state index contributed by atoms with van der Waals surface area (Å²) in [5.74, 6) is -1.69. The van der Waals surface area contributed by atoms with Crippen LogP contribution in [0.2, 0.25) is 0 Å². The first-order chi connectivity index (χ1) is 12.9. The first kappa shape index (κ1) is 20.0. The molecule has 2 heterocycles. The molecule has 1 atom stereocenters. The molecule has 2 saturated heterocycles. The van der Waals surface area contributed by atoms with Crippen LogP contribution in [0.15, 0.2) is 18.2 Å². The van der Waals surface area contributed by atoms with Crippen molar-refractivity contribution < 1.29 is 28.2 Å². The minimum Gasteiger partial charge on any atom is -0.490 e. The number of piperidine rings is 1. The Kier molecular flexibility index (Phi) is 6.29. The molecule has 0 aromatic heterocycles. The monoisotopic (exact) mass is 384 g/mol. The number of β-amino-alcohol motifs (C(OH)–C–C–N with tert-alkyl or cyclic N) is 1. The normalized spacial score (nSPS) is 25.3. The average molecular weight is 384 g/mol. The second-order valence-corrected chi connectivity index (χ2v) is 7.35. The van der Waals surface area contributed by atoms with Gasteiger partial charge in [-0.05, 0) is 25.0 Å². The van der Waals surface area contributed by atoms with Gasteiger partial charge in [0.1, 0.15) is 18.0 Å². The van der Waals surface area contributed by atoms with Gasteiger partial charge >= 0.3 is 0 Å². The van der Waals surface area contributed by atoms with Crippen molar-refractivity contribution in [2.75, 3.05) is 46.0 Å². The smallest absolute Gasteiger partial charge is 0.219 e. The Balaban J connectivity index is 1.59. The van der Waals surface area contributed by atoms with Crippen LogP contribution in [0.5, 0.6) is 5.75 Å². The maximum atomic E-state index is 13.3. The van der Waals surface area contributed by atoms with Crippen LogP contribution in [0.1, 0.15) is 19.8 Å². The summed E-state index contributed by atoms with van der Waals surface area (Å²) in [5, 5.41) is 11.0. The van der Waals surface area contributed by atoms with Crippen LogP contribution >= 0.6 is 0 Å². The van der Waals surface area contributed by atoms with E-state index in [1.165, 1.54) is 6.07 Å². The summed E-state index contributed by atoms with van der Waals surface area (Å²) >= 11 is 0. The van der Waals surface area contributed by atoms with Gasteiger partial charge in [0.05, 0.1) is 13.2 Å².